The predicted molar refractivity (Wildman–Crippen MR) is 84.1 cm³/mol. The molecule has 1 saturated carbocycles. The molecule has 0 saturated heterocycles. The van der Waals surface area contributed by atoms with E-state index in [4.69, 9.17) is 16.3 Å². The van der Waals surface area contributed by atoms with Gasteiger partial charge in [-0.2, -0.15) is 0 Å². The molecule has 6 heteroatoms. The van der Waals surface area contributed by atoms with E-state index in [9.17, 15) is 10.1 Å². The molecule has 0 N–H and O–H groups in total. The Bertz CT molecular complexity index is 506. The van der Waals surface area contributed by atoms with Crippen LogP contribution in [0.25, 0.3) is 0 Å². The van der Waals surface area contributed by atoms with Crippen LogP contribution in [-0.2, 0) is 10.6 Å². The first-order valence-corrected chi connectivity index (χ1v) is 7.70. The molecule has 1 aliphatic rings. The van der Waals surface area contributed by atoms with Crippen LogP contribution in [-0.4, -0.2) is 31.2 Å². The Morgan fingerprint density at radius 1 is 1.52 bits per heavy atom. The summed E-state index contributed by atoms with van der Waals surface area (Å²) in [5.74, 6) is 0.844. The minimum Gasteiger partial charge on any atom is -0.383 e. The number of anilines is 1. The van der Waals surface area contributed by atoms with E-state index < -0.39 is 0 Å². The molecule has 1 aliphatic carbocycles. The highest BCUT2D eigenvalue weighted by atomic mass is 35.5. The third kappa shape index (κ3) is 3.86. The van der Waals surface area contributed by atoms with E-state index >= 15 is 0 Å². The minimum absolute atomic E-state index is 0.0829. The summed E-state index contributed by atoms with van der Waals surface area (Å²) >= 11 is 5.86. The topological polar surface area (TPSA) is 55.6 Å². The van der Waals surface area contributed by atoms with E-state index in [0.717, 1.165) is 12.2 Å². The highest BCUT2D eigenvalue weighted by Crippen LogP contribution is 2.37. The van der Waals surface area contributed by atoms with E-state index in [1.807, 2.05) is 12.1 Å². The van der Waals surface area contributed by atoms with Gasteiger partial charge in [0.25, 0.3) is 5.69 Å². The quantitative estimate of drug-likeness (QED) is 0.418. The number of nitro benzene ring substituents is 1. The maximum atomic E-state index is 11.0. The van der Waals surface area contributed by atoms with Crippen LogP contribution >= 0.6 is 11.6 Å². The molecule has 1 aromatic carbocycles. The molecule has 0 amide bonds. The van der Waals surface area contributed by atoms with E-state index in [0.29, 0.717) is 24.1 Å². The summed E-state index contributed by atoms with van der Waals surface area (Å²) < 4.78 is 5.19. The lowest BCUT2D eigenvalue weighted by molar-refractivity contribution is -0.385. The molecule has 1 fully saturated rings. The molecular weight excluding hydrogens is 292 g/mol. The Balaban J connectivity index is 2.27. The summed E-state index contributed by atoms with van der Waals surface area (Å²) in [7, 11) is 1.68. The zero-order valence-corrected chi connectivity index (χ0v) is 13.2. The summed E-state index contributed by atoms with van der Waals surface area (Å²) in [6, 6.07) is 5.60. The lowest BCUT2D eigenvalue weighted by Gasteiger charge is -2.31. The van der Waals surface area contributed by atoms with Gasteiger partial charge in [0.05, 0.1) is 17.4 Å². The van der Waals surface area contributed by atoms with Crippen molar-refractivity contribution in [2.24, 2.45) is 5.92 Å². The number of alkyl halides is 1. The summed E-state index contributed by atoms with van der Waals surface area (Å²) in [5, 5.41) is 11.0. The maximum absolute atomic E-state index is 11.0. The fourth-order valence-corrected chi connectivity index (χ4v) is 2.84. The molecule has 0 bridgehead atoms. The van der Waals surface area contributed by atoms with Crippen molar-refractivity contribution >= 4 is 23.0 Å². The number of nitro groups is 1. The average Bonchev–Trinajstić information content (AvgIpc) is 3.31. The third-order valence-electron chi connectivity index (χ3n) is 4.07. The van der Waals surface area contributed by atoms with Gasteiger partial charge in [0.2, 0.25) is 0 Å². The van der Waals surface area contributed by atoms with Crippen molar-refractivity contribution in [3.63, 3.8) is 0 Å². The predicted octanol–water partition coefficient (Wildman–Crippen LogP) is 3.58. The van der Waals surface area contributed by atoms with E-state index in [1.54, 1.807) is 13.2 Å². The summed E-state index contributed by atoms with van der Waals surface area (Å²) in [5.41, 5.74) is 1.62. The van der Waals surface area contributed by atoms with Crippen molar-refractivity contribution in [3.8, 4) is 0 Å². The molecule has 0 radical (unpaired) electrons. The molecule has 1 aromatic rings. The molecule has 116 valence electrons. The molecule has 21 heavy (non-hydrogen) atoms. The first-order valence-electron chi connectivity index (χ1n) is 7.17. The van der Waals surface area contributed by atoms with Gasteiger partial charge in [0.15, 0.2) is 0 Å². The number of hydrogen-bond acceptors (Lipinski definition) is 4. The van der Waals surface area contributed by atoms with Crippen LogP contribution in [0.15, 0.2) is 18.2 Å². The third-order valence-corrected chi connectivity index (χ3v) is 4.36. The normalized spacial score (nSPS) is 15.8. The van der Waals surface area contributed by atoms with Gasteiger partial charge in [-0.1, -0.05) is 0 Å². The standard InChI is InChI=1S/C15H21ClN2O3/c1-11(12-3-4-12)17(7-8-21-2)14-5-6-15(18(19)20)13(9-14)10-16/h5-6,9,11-12H,3-4,7-8,10H2,1-2H3. The summed E-state index contributed by atoms with van der Waals surface area (Å²) in [6.07, 6.45) is 2.50. The van der Waals surface area contributed by atoms with Gasteiger partial charge in [0.1, 0.15) is 0 Å². The highest BCUT2D eigenvalue weighted by molar-refractivity contribution is 6.17. The average molecular weight is 313 g/mol. The van der Waals surface area contributed by atoms with Crippen molar-refractivity contribution in [1.29, 1.82) is 0 Å². The molecule has 5 nitrogen and oxygen atoms in total. The van der Waals surface area contributed by atoms with Gasteiger partial charge in [-0.3, -0.25) is 10.1 Å². The van der Waals surface area contributed by atoms with Crippen molar-refractivity contribution in [2.45, 2.75) is 31.7 Å². The van der Waals surface area contributed by atoms with Crippen molar-refractivity contribution in [2.75, 3.05) is 25.2 Å². The minimum atomic E-state index is -0.384. The highest BCUT2D eigenvalue weighted by Gasteiger charge is 2.32. The van der Waals surface area contributed by atoms with Gasteiger partial charge in [-0.05, 0) is 37.8 Å². The Kier molecular flexibility index (Phi) is 5.42. The largest absolute Gasteiger partial charge is 0.383 e. The fraction of sp³-hybridized carbons (Fsp3) is 0.600. The van der Waals surface area contributed by atoms with Crippen LogP contribution in [0.1, 0.15) is 25.3 Å². The molecule has 1 atom stereocenters. The number of rotatable bonds is 8. The zero-order chi connectivity index (χ0) is 15.4. The van der Waals surface area contributed by atoms with Gasteiger partial charge in [-0.15, -0.1) is 11.6 Å². The number of hydrogen-bond donors (Lipinski definition) is 0. The monoisotopic (exact) mass is 312 g/mol. The lowest BCUT2D eigenvalue weighted by Crippen LogP contribution is -2.37. The van der Waals surface area contributed by atoms with Crippen LogP contribution in [0.5, 0.6) is 0 Å². The SMILES string of the molecule is COCCN(c1ccc([N+](=O)[O-])c(CCl)c1)C(C)C1CC1. The number of benzene rings is 1. The first-order chi connectivity index (χ1) is 10.1. The number of methoxy groups -OCH3 is 1. The fourth-order valence-electron chi connectivity index (χ4n) is 2.63. The first kappa shape index (κ1) is 16.0. The van der Waals surface area contributed by atoms with E-state index in [1.165, 1.54) is 12.8 Å². The second kappa shape index (κ2) is 7.09. The van der Waals surface area contributed by atoms with Crippen LogP contribution in [0.2, 0.25) is 0 Å². The molecule has 0 heterocycles. The molecule has 0 spiro atoms. The number of halogens is 1. The molecule has 2 rings (SSSR count). The maximum Gasteiger partial charge on any atom is 0.273 e. The molecule has 1 unspecified atom stereocenters. The van der Waals surface area contributed by atoms with Crippen LogP contribution < -0.4 is 4.90 Å². The van der Waals surface area contributed by atoms with E-state index in [-0.39, 0.29) is 16.5 Å². The molecule has 0 aliphatic heterocycles. The van der Waals surface area contributed by atoms with Gasteiger partial charge in [0, 0.05) is 37.0 Å². The number of ether oxygens (including phenoxy) is 1. The van der Waals surface area contributed by atoms with Crippen LogP contribution in [0, 0.1) is 16.0 Å². The smallest absolute Gasteiger partial charge is 0.273 e. The van der Waals surface area contributed by atoms with Gasteiger partial charge in [-0.25, -0.2) is 0 Å². The Labute approximate surface area is 130 Å². The Morgan fingerprint density at radius 2 is 2.24 bits per heavy atom. The zero-order valence-electron chi connectivity index (χ0n) is 12.4. The second-order valence-electron chi connectivity index (χ2n) is 5.47. The van der Waals surface area contributed by atoms with Crippen molar-refractivity contribution in [1.82, 2.24) is 0 Å². The van der Waals surface area contributed by atoms with Crippen molar-refractivity contribution in [3.05, 3.63) is 33.9 Å². The summed E-state index contributed by atoms with van der Waals surface area (Å²) in [4.78, 5) is 12.9. The van der Waals surface area contributed by atoms with Crippen molar-refractivity contribution < 1.29 is 9.66 Å². The van der Waals surface area contributed by atoms with Gasteiger partial charge >= 0.3 is 0 Å². The summed E-state index contributed by atoms with van der Waals surface area (Å²) in [6.45, 7) is 3.60. The Hall–Kier alpha value is -1.33. The van der Waals surface area contributed by atoms with Crippen LogP contribution in [0.4, 0.5) is 11.4 Å². The van der Waals surface area contributed by atoms with E-state index in [2.05, 4.69) is 11.8 Å². The molecule has 0 aromatic heterocycles. The Morgan fingerprint density at radius 3 is 2.76 bits per heavy atom. The molecular formula is C15H21ClN2O3. The lowest BCUT2D eigenvalue weighted by atomic mass is 10.1. The van der Waals surface area contributed by atoms with Crippen LogP contribution in [0.3, 0.4) is 0 Å². The number of nitrogens with zero attached hydrogens (tertiary/aromatic N) is 2. The second-order valence-corrected chi connectivity index (χ2v) is 5.74. The van der Waals surface area contributed by atoms with Gasteiger partial charge < -0.3 is 9.64 Å².